The van der Waals surface area contributed by atoms with Crippen LogP contribution in [0.1, 0.15) is 36.0 Å². The Balaban J connectivity index is 2.12. The van der Waals surface area contributed by atoms with E-state index in [1.54, 1.807) is 13.8 Å². The fourth-order valence-corrected chi connectivity index (χ4v) is 3.87. The van der Waals surface area contributed by atoms with Crippen molar-refractivity contribution in [2.75, 3.05) is 25.4 Å². The molecule has 1 N–H and O–H groups in total. The van der Waals surface area contributed by atoms with Gasteiger partial charge in [0, 0.05) is 25.2 Å². The SMILES string of the molecule is CCS(=O)(=O)N1CCC(N(CC(=O)O)C(=O)c2cc(C)no2)CC1. The van der Waals surface area contributed by atoms with Crippen LogP contribution in [0.15, 0.2) is 10.6 Å². The van der Waals surface area contributed by atoms with Gasteiger partial charge in [-0.2, -0.15) is 0 Å². The van der Waals surface area contributed by atoms with Crippen LogP contribution in [0.4, 0.5) is 0 Å². The molecule has 0 bridgehead atoms. The van der Waals surface area contributed by atoms with Gasteiger partial charge in [0.1, 0.15) is 6.54 Å². The summed E-state index contributed by atoms with van der Waals surface area (Å²) in [5.74, 6) is -1.68. The Kier molecular flexibility index (Phi) is 5.60. The van der Waals surface area contributed by atoms with Crippen molar-refractivity contribution < 1.29 is 27.6 Å². The van der Waals surface area contributed by atoms with Gasteiger partial charge in [-0.3, -0.25) is 9.59 Å². The Morgan fingerprint density at radius 1 is 1.42 bits per heavy atom. The second kappa shape index (κ2) is 7.31. The number of carboxylic acid groups (broad SMARTS) is 1. The zero-order valence-corrected chi connectivity index (χ0v) is 14.5. The third-order valence-electron chi connectivity index (χ3n) is 4.03. The first-order valence-electron chi connectivity index (χ1n) is 7.68. The maximum atomic E-state index is 12.5. The van der Waals surface area contributed by atoms with Crippen molar-refractivity contribution in [3.63, 3.8) is 0 Å². The van der Waals surface area contributed by atoms with E-state index in [1.165, 1.54) is 15.3 Å². The zero-order valence-electron chi connectivity index (χ0n) is 13.6. The number of rotatable bonds is 6. The molecule has 0 radical (unpaired) electrons. The summed E-state index contributed by atoms with van der Waals surface area (Å²) in [5.41, 5.74) is 0.525. The number of aromatic nitrogens is 1. The Morgan fingerprint density at radius 3 is 2.50 bits per heavy atom. The van der Waals surface area contributed by atoms with Crippen molar-refractivity contribution >= 4 is 21.9 Å². The van der Waals surface area contributed by atoms with E-state index in [2.05, 4.69) is 5.16 Å². The van der Waals surface area contributed by atoms with E-state index in [1.807, 2.05) is 0 Å². The molecule has 1 aromatic heterocycles. The van der Waals surface area contributed by atoms with E-state index < -0.39 is 28.4 Å². The summed E-state index contributed by atoms with van der Waals surface area (Å²) in [6, 6.07) is 1.09. The summed E-state index contributed by atoms with van der Waals surface area (Å²) in [6.07, 6.45) is 0.761. The lowest BCUT2D eigenvalue weighted by atomic mass is 10.0. The van der Waals surface area contributed by atoms with Crippen LogP contribution in [0.5, 0.6) is 0 Å². The van der Waals surface area contributed by atoms with Crippen molar-refractivity contribution in [3.05, 3.63) is 17.5 Å². The number of carboxylic acids is 1. The summed E-state index contributed by atoms with van der Waals surface area (Å²) in [4.78, 5) is 24.9. The van der Waals surface area contributed by atoms with Gasteiger partial charge in [-0.1, -0.05) is 5.16 Å². The van der Waals surface area contributed by atoms with Crippen LogP contribution in [-0.2, 0) is 14.8 Å². The van der Waals surface area contributed by atoms with Gasteiger partial charge in [-0.25, -0.2) is 12.7 Å². The lowest BCUT2D eigenvalue weighted by molar-refractivity contribution is -0.138. The predicted molar refractivity (Wildman–Crippen MR) is 84.0 cm³/mol. The van der Waals surface area contributed by atoms with E-state index in [-0.39, 0.29) is 30.6 Å². The first-order chi connectivity index (χ1) is 11.2. The fourth-order valence-electron chi connectivity index (χ4n) is 2.73. The zero-order chi connectivity index (χ0) is 17.9. The van der Waals surface area contributed by atoms with Crippen molar-refractivity contribution in [2.24, 2.45) is 0 Å². The molecule has 1 aliphatic heterocycles. The summed E-state index contributed by atoms with van der Waals surface area (Å²) in [5, 5.41) is 12.7. The van der Waals surface area contributed by atoms with E-state index in [9.17, 15) is 18.0 Å². The molecule has 10 heteroatoms. The minimum Gasteiger partial charge on any atom is -0.480 e. The van der Waals surface area contributed by atoms with Crippen LogP contribution in [0.2, 0.25) is 0 Å². The highest BCUT2D eigenvalue weighted by molar-refractivity contribution is 7.89. The second-order valence-corrected chi connectivity index (χ2v) is 7.95. The molecule has 0 aliphatic carbocycles. The third kappa shape index (κ3) is 4.12. The average molecular weight is 359 g/mol. The molecule has 1 aromatic rings. The number of carbonyl (C=O) groups excluding carboxylic acids is 1. The number of amides is 1. The molecular formula is C14H21N3O6S. The van der Waals surface area contributed by atoms with Crippen LogP contribution in [0, 0.1) is 6.92 Å². The van der Waals surface area contributed by atoms with Crippen LogP contribution in [0.25, 0.3) is 0 Å². The topological polar surface area (TPSA) is 121 Å². The summed E-state index contributed by atoms with van der Waals surface area (Å²) < 4.78 is 30.1. The van der Waals surface area contributed by atoms with E-state index in [4.69, 9.17) is 9.63 Å². The normalized spacial score (nSPS) is 16.9. The molecule has 1 fully saturated rings. The molecule has 0 spiro atoms. The number of hydrogen-bond acceptors (Lipinski definition) is 6. The maximum absolute atomic E-state index is 12.5. The Bertz CT molecular complexity index is 706. The van der Waals surface area contributed by atoms with Crippen LogP contribution in [0.3, 0.4) is 0 Å². The second-order valence-electron chi connectivity index (χ2n) is 5.69. The molecule has 1 amide bonds. The molecule has 2 heterocycles. The third-order valence-corrected chi connectivity index (χ3v) is 5.91. The number of hydrogen-bond donors (Lipinski definition) is 1. The van der Waals surface area contributed by atoms with E-state index in [0.717, 1.165) is 0 Å². The van der Waals surface area contributed by atoms with Crippen molar-refractivity contribution in [1.29, 1.82) is 0 Å². The summed E-state index contributed by atoms with van der Waals surface area (Å²) >= 11 is 0. The molecule has 0 aromatic carbocycles. The smallest absolute Gasteiger partial charge is 0.323 e. The first-order valence-corrected chi connectivity index (χ1v) is 9.29. The molecule has 9 nitrogen and oxygen atoms in total. The fraction of sp³-hybridized carbons (Fsp3) is 0.643. The highest BCUT2D eigenvalue weighted by atomic mass is 32.2. The van der Waals surface area contributed by atoms with Gasteiger partial charge in [-0.05, 0) is 26.7 Å². The Morgan fingerprint density at radius 2 is 2.04 bits per heavy atom. The lowest BCUT2D eigenvalue weighted by Crippen LogP contribution is -2.50. The molecule has 0 unspecified atom stereocenters. The quantitative estimate of drug-likeness (QED) is 0.776. The number of piperidine rings is 1. The molecular weight excluding hydrogens is 338 g/mol. The van der Waals surface area contributed by atoms with Crippen molar-refractivity contribution in [3.8, 4) is 0 Å². The number of aryl methyl sites for hydroxylation is 1. The maximum Gasteiger partial charge on any atom is 0.323 e. The molecule has 2 rings (SSSR count). The molecule has 1 saturated heterocycles. The van der Waals surface area contributed by atoms with Crippen LogP contribution >= 0.6 is 0 Å². The van der Waals surface area contributed by atoms with Crippen LogP contribution < -0.4 is 0 Å². The van der Waals surface area contributed by atoms with Gasteiger partial charge in [0.05, 0.1) is 11.4 Å². The number of carbonyl (C=O) groups is 2. The van der Waals surface area contributed by atoms with Gasteiger partial charge >= 0.3 is 5.97 Å². The van der Waals surface area contributed by atoms with Crippen molar-refractivity contribution in [2.45, 2.75) is 32.7 Å². The Labute approximate surface area is 140 Å². The lowest BCUT2D eigenvalue weighted by Gasteiger charge is -2.36. The highest BCUT2D eigenvalue weighted by Crippen LogP contribution is 2.21. The van der Waals surface area contributed by atoms with Gasteiger partial charge in [0.25, 0.3) is 5.91 Å². The molecule has 1 aliphatic rings. The molecule has 0 atom stereocenters. The number of aliphatic carboxylic acids is 1. The number of nitrogens with zero attached hydrogens (tertiary/aromatic N) is 3. The molecule has 134 valence electrons. The summed E-state index contributed by atoms with van der Waals surface area (Å²) in [6.45, 7) is 3.30. The van der Waals surface area contributed by atoms with E-state index >= 15 is 0 Å². The summed E-state index contributed by atoms with van der Waals surface area (Å²) in [7, 11) is -3.28. The molecule has 0 saturated carbocycles. The van der Waals surface area contributed by atoms with Gasteiger partial charge < -0.3 is 14.5 Å². The minimum atomic E-state index is -3.28. The van der Waals surface area contributed by atoms with Crippen molar-refractivity contribution in [1.82, 2.24) is 14.4 Å². The standard InChI is InChI=1S/C14H21N3O6S/c1-3-24(21,22)16-6-4-11(5-7-16)17(9-13(18)19)14(20)12-8-10(2)15-23-12/h8,11H,3-7,9H2,1-2H3,(H,18,19). The first kappa shape index (κ1) is 18.4. The van der Waals surface area contributed by atoms with Crippen LogP contribution in [-0.4, -0.2) is 71.2 Å². The average Bonchev–Trinajstić information content (AvgIpc) is 2.98. The minimum absolute atomic E-state index is 0.0163. The largest absolute Gasteiger partial charge is 0.480 e. The van der Waals surface area contributed by atoms with E-state index in [0.29, 0.717) is 18.5 Å². The monoisotopic (exact) mass is 359 g/mol. The predicted octanol–water partition coefficient (Wildman–Crippen LogP) is 0.324. The van der Waals surface area contributed by atoms with Gasteiger partial charge in [0.15, 0.2) is 0 Å². The van der Waals surface area contributed by atoms with Gasteiger partial charge in [0.2, 0.25) is 15.8 Å². The van der Waals surface area contributed by atoms with Gasteiger partial charge in [-0.15, -0.1) is 0 Å². The molecule has 24 heavy (non-hydrogen) atoms. The number of sulfonamides is 1. The Hall–Kier alpha value is -1.94. The highest BCUT2D eigenvalue weighted by Gasteiger charge is 2.34.